The summed E-state index contributed by atoms with van der Waals surface area (Å²) in [5, 5.41) is 3.48. The Morgan fingerprint density at radius 2 is 2.39 bits per heavy atom. The highest BCUT2D eigenvalue weighted by atomic mass is 35.5. The first kappa shape index (κ1) is 13.3. The summed E-state index contributed by atoms with van der Waals surface area (Å²) >= 11 is 5.80. The zero-order valence-electron chi connectivity index (χ0n) is 10.2. The molecule has 5 heteroatoms. The lowest BCUT2D eigenvalue weighted by Gasteiger charge is -2.17. The highest BCUT2D eigenvalue weighted by molar-refractivity contribution is 6.31. The second-order valence-electron chi connectivity index (χ2n) is 4.59. The molecule has 0 radical (unpaired) electrons. The van der Waals surface area contributed by atoms with E-state index in [9.17, 15) is 9.18 Å². The topological polar surface area (TPSA) is 32.3 Å². The Balaban J connectivity index is 2.10. The van der Waals surface area contributed by atoms with Crippen molar-refractivity contribution >= 4 is 17.5 Å². The van der Waals surface area contributed by atoms with E-state index in [0.29, 0.717) is 24.0 Å². The Labute approximate surface area is 111 Å². The monoisotopic (exact) mass is 270 g/mol. The van der Waals surface area contributed by atoms with Crippen LogP contribution in [0.2, 0.25) is 5.02 Å². The molecule has 0 spiro atoms. The van der Waals surface area contributed by atoms with E-state index in [4.69, 9.17) is 11.6 Å². The molecule has 1 aliphatic rings. The van der Waals surface area contributed by atoms with Crippen LogP contribution in [0, 0.1) is 11.7 Å². The zero-order chi connectivity index (χ0) is 13.1. The molecule has 2 rings (SSSR count). The average Bonchev–Trinajstić information content (AvgIpc) is 2.80. The normalized spacial score (nSPS) is 19.3. The molecule has 0 unspecified atom stereocenters. The van der Waals surface area contributed by atoms with Crippen LogP contribution in [0.25, 0.3) is 0 Å². The van der Waals surface area contributed by atoms with Crippen molar-refractivity contribution in [1.82, 2.24) is 10.2 Å². The second-order valence-corrected chi connectivity index (χ2v) is 5.02. The van der Waals surface area contributed by atoms with Crippen LogP contribution in [0.5, 0.6) is 0 Å². The molecule has 0 aliphatic carbocycles. The molecule has 0 aromatic heterocycles. The van der Waals surface area contributed by atoms with E-state index in [1.807, 2.05) is 7.05 Å². The number of carbonyl (C=O) groups excluding carboxylic acids is 1. The minimum atomic E-state index is -0.513. The van der Waals surface area contributed by atoms with Crippen molar-refractivity contribution in [2.24, 2.45) is 5.92 Å². The summed E-state index contributed by atoms with van der Waals surface area (Å²) in [6.07, 6.45) is 0.953. The van der Waals surface area contributed by atoms with Gasteiger partial charge in [0, 0.05) is 18.1 Å². The summed E-state index contributed by atoms with van der Waals surface area (Å²) in [5.74, 6) is -0.337. The fourth-order valence-electron chi connectivity index (χ4n) is 2.30. The maximum absolute atomic E-state index is 13.6. The SMILES string of the molecule is CNC[C@H]1CCN(C(=O)c2cc(Cl)ccc2F)C1. The van der Waals surface area contributed by atoms with Gasteiger partial charge in [-0.3, -0.25) is 4.79 Å². The van der Waals surface area contributed by atoms with E-state index in [-0.39, 0.29) is 11.5 Å². The number of halogens is 2. The summed E-state index contributed by atoms with van der Waals surface area (Å²) in [6.45, 7) is 2.23. The molecule has 0 saturated carbocycles. The van der Waals surface area contributed by atoms with Gasteiger partial charge in [-0.05, 0) is 44.1 Å². The number of hydrogen-bond donors (Lipinski definition) is 1. The number of rotatable bonds is 3. The second kappa shape index (κ2) is 5.67. The number of nitrogens with zero attached hydrogens (tertiary/aromatic N) is 1. The summed E-state index contributed by atoms with van der Waals surface area (Å²) in [7, 11) is 1.89. The van der Waals surface area contributed by atoms with Gasteiger partial charge in [-0.15, -0.1) is 0 Å². The molecule has 1 heterocycles. The molecule has 1 aromatic carbocycles. The fraction of sp³-hybridized carbons (Fsp3) is 0.462. The Morgan fingerprint density at radius 1 is 1.61 bits per heavy atom. The lowest BCUT2D eigenvalue weighted by atomic mass is 10.1. The molecule has 1 amide bonds. The molecular weight excluding hydrogens is 255 g/mol. The van der Waals surface area contributed by atoms with E-state index in [1.165, 1.54) is 18.2 Å². The lowest BCUT2D eigenvalue weighted by molar-refractivity contribution is 0.0782. The van der Waals surface area contributed by atoms with E-state index < -0.39 is 5.82 Å². The maximum atomic E-state index is 13.6. The Kier molecular flexibility index (Phi) is 4.19. The maximum Gasteiger partial charge on any atom is 0.256 e. The van der Waals surface area contributed by atoms with Gasteiger partial charge in [-0.25, -0.2) is 4.39 Å². The largest absolute Gasteiger partial charge is 0.338 e. The van der Waals surface area contributed by atoms with Gasteiger partial charge in [0.2, 0.25) is 0 Å². The van der Waals surface area contributed by atoms with Crippen LogP contribution in [-0.4, -0.2) is 37.5 Å². The number of amides is 1. The van der Waals surface area contributed by atoms with Crippen LogP contribution >= 0.6 is 11.6 Å². The molecular formula is C13H16ClFN2O. The van der Waals surface area contributed by atoms with Crippen molar-refractivity contribution in [2.75, 3.05) is 26.7 Å². The molecule has 0 bridgehead atoms. The first-order valence-corrected chi connectivity index (χ1v) is 6.38. The van der Waals surface area contributed by atoms with E-state index in [2.05, 4.69) is 5.32 Å². The first-order chi connectivity index (χ1) is 8.61. The molecule has 1 aromatic rings. The minimum Gasteiger partial charge on any atom is -0.338 e. The average molecular weight is 271 g/mol. The Bertz CT molecular complexity index is 453. The predicted molar refractivity (Wildman–Crippen MR) is 69.3 cm³/mol. The van der Waals surface area contributed by atoms with Crippen LogP contribution in [0.15, 0.2) is 18.2 Å². The van der Waals surface area contributed by atoms with Crippen LogP contribution in [-0.2, 0) is 0 Å². The summed E-state index contributed by atoms with van der Waals surface area (Å²) in [6, 6.07) is 4.07. The van der Waals surface area contributed by atoms with Gasteiger partial charge in [-0.1, -0.05) is 11.6 Å². The molecule has 1 N–H and O–H groups in total. The third kappa shape index (κ3) is 2.82. The number of hydrogen-bond acceptors (Lipinski definition) is 2. The molecule has 1 aliphatic heterocycles. The summed E-state index contributed by atoms with van der Waals surface area (Å²) in [5.41, 5.74) is 0.0626. The van der Waals surface area contributed by atoms with E-state index in [1.54, 1.807) is 4.90 Å². The smallest absolute Gasteiger partial charge is 0.256 e. The molecule has 1 saturated heterocycles. The van der Waals surface area contributed by atoms with Crippen molar-refractivity contribution < 1.29 is 9.18 Å². The highest BCUT2D eigenvalue weighted by Gasteiger charge is 2.27. The van der Waals surface area contributed by atoms with Crippen molar-refractivity contribution in [3.63, 3.8) is 0 Å². The van der Waals surface area contributed by atoms with Gasteiger partial charge in [0.1, 0.15) is 5.82 Å². The first-order valence-electron chi connectivity index (χ1n) is 6.00. The van der Waals surface area contributed by atoms with Crippen LogP contribution in [0.1, 0.15) is 16.8 Å². The van der Waals surface area contributed by atoms with Crippen LogP contribution < -0.4 is 5.32 Å². The standard InChI is InChI=1S/C13H16ClFN2O/c1-16-7-9-4-5-17(8-9)13(18)11-6-10(14)2-3-12(11)15/h2-3,6,9,16H,4-5,7-8H2,1H3/t9-/m1/s1. The van der Waals surface area contributed by atoms with Gasteiger partial charge < -0.3 is 10.2 Å². The number of nitrogens with one attached hydrogen (secondary N) is 1. The fourth-order valence-corrected chi connectivity index (χ4v) is 2.48. The number of carbonyl (C=O) groups is 1. The van der Waals surface area contributed by atoms with Crippen LogP contribution in [0.4, 0.5) is 4.39 Å². The predicted octanol–water partition coefficient (Wildman–Crippen LogP) is 2.16. The van der Waals surface area contributed by atoms with E-state index >= 15 is 0 Å². The number of likely N-dealkylation sites (tertiary alicyclic amines) is 1. The lowest BCUT2D eigenvalue weighted by Crippen LogP contribution is -2.30. The molecule has 1 atom stereocenters. The molecule has 98 valence electrons. The van der Waals surface area contributed by atoms with Gasteiger partial charge in [-0.2, -0.15) is 0 Å². The van der Waals surface area contributed by atoms with Crippen LogP contribution in [0.3, 0.4) is 0 Å². The van der Waals surface area contributed by atoms with Crippen molar-refractivity contribution in [1.29, 1.82) is 0 Å². The Morgan fingerprint density at radius 3 is 3.11 bits per heavy atom. The highest BCUT2D eigenvalue weighted by Crippen LogP contribution is 2.21. The minimum absolute atomic E-state index is 0.0626. The van der Waals surface area contributed by atoms with Gasteiger partial charge >= 0.3 is 0 Å². The van der Waals surface area contributed by atoms with E-state index in [0.717, 1.165) is 13.0 Å². The number of benzene rings is 1. The van der Waals surface area contributed by atoms with Gasteiger partial charge in [0.15, 0.2) is 0 Å². The zero-order valence-corrected chi connectivity index (χ0v) is 11.0. The third-order valence-electron chi connectivity index (χ3n) is 3.22. The molecule has 3 nitrogen and oxygen atoms in total. The Hall–Kier alpha value is -1.13. The van der Waals surface area contributed by atoms with Crippen molar-refractivity contribution in [3.8, 4) is 0 Å². The van der Waals surface area contributed by atoms with Gasteiger partial charge in [0.25, 0.3) is 5.91 Å². The molecule has 18 heavy (non-hydrogen) atoms. The van der Waals surface area contributed by atoms with Gasteiger partial charge in [0.05, 0.1) is 5.56 Å². The van der Waals surface area contributed by atoms with Crippen molar-refractivity contribution in [2.45, 2.75) is 6.42 Å². The summed E-state index contributed by atoms with van der Waals surface area (Å²) < 4.78 is 13.6. The third-order valence-corrected chi connectivity index (χ3v) is 3.46. The molecule has 1 fully saturated rings. The van der Waals surface area contributed by atoms with Crippen molar-refractivity contribution in [3.05, 3.63) is 34.6 Å². The summed E-state index contributed by atoms with van der Waals surface area (Å²) in [4.78, 5) is 13.9. The quantitative estimate of drug-likeness (QED) is 0.913.